The lowest BCUT2D eigenvalue weighted by Crippen LogP contribution is -2.39. The van der Waals surface area contributed by atoms with Crippen LogP contribution in [0.3, 0.4) is 0 Å². The van der Waals surface area contributed by atoms with Gasteiger partial charge in [-0.3, -0.25) is 0 Å². The van der Waals surface area contributed by atoms with E-state index in [9.17, 15) is 8.42 Å². The highest BCUT2D eigenvalue weighted by atomic mass is 32.2. The quantitative estimate of drug-likeness (QED) is 0.834. The van der Waals surface area contributed by atoms with Crippen LogP contribution in [0.15, 0.2) is 36.0 Å². The van der Waals surface area contributed by atoms with Gasteiger partial charge >= 0.3 is 0 Å². The lowest BCUT2D eigenvalue weighted by Gasteiger charge is -2.30. The summed E-state index contributed by atoms with van der Waals surface area (Å²) in [5, 5.41) is 0.125. The first-order chi connectivity index (χ1) is 10.6. The molecule has 2 aromatic rings. The van der Waals surface area contributed by atoms with Crippen molar-refractivity contribution in [1.82, 2.24) is 23.8 Å². The molecule has 1 aliphatic rings. The molecule has 0 amide bonds. The first-order valence-corrected chi connectivity index (χ1v) is 8.74. The molecule has 0 aliphatic carbocycles. The number of hydrogen-bond acceptors (Lipinski definition) is 5. The van der Waals surface area contributed by atoms with Gasteiger partial charge in [0.1, 0.15) is 5.82 Å². The van der Waals surface area contributed by atoms with Crippen LogP contribution in [0.2, 0.25) is 0 Å². The van der Waals surface area contributed by atoms with Crippen LogP contribution in [0.1, 0.15) is 18.7 Å². The van der Waals surface area contributed by atoms with Gasteiger partial charge in [0.25, 0.3) is 10.0 Å². The third-order valence-corrected chi connectivity index (χ3v) is 5.73. The molecule has 2 aromatic heterocycles. The number of sulfonamides is 1. The van der Waals surface area contributed by atoms with E-state index in [1.54, 1.807) is 36.3 Å². The van der Waals surface area contributed by atoms with Crippen molar-refractivity contribution < 1.29 is 8.42 Å². The van der Waals surface area contributed by atoms with E-state index in [-0.39, 0.29) is 5.03 Å². The Balaban J connectivity index is 1.62. The summed E-state index contributed by atoms with van der Waals surface area (Å²) in [4.78, 5) is 12.4. The molecule has 0 radical (unpaired) electrons. The topological polar surface area (TPSA) is 81.0 Å². The average molecular weight is 321 g/mol. The highest BCUT2D eigenvalue weighted by molar-refractivity contribution is 7.89. The molecule has 7 nitrogen and oxygen atoms in total. The van der Waals surface area contributed by atoms with Gasteiger partial charge in [0.15, 0.2) is 5.03 Å². The van der Waals surface area contributed by atoms with Crippen LogP contribution in [0, 0.1) is 5.92 Å². The van der Waals surface area contributed by atoms with Crippen molar-refractivity contribution in [2.75, 3.05) is 13.1 Å². The molecule has 0 unspecified atom stereocenters. The summed E-state index contributed by atoms with van der Waals surface area (Å²) < 4.78 is 28.2. The Labute approximate surface area is 130 Å². The average Bonchev–Trinajstić information content (AvgIpc) is 2.96. The minimum atomic E-state index is -3.47. The largest absolute Gasteiger partial charge is 0.339 e. The third kappa shape index (κ3) is 3.17. The molecular weight excluding hydrogens is 302 g/mol. The van der Waals surface area contributed by atoms with Gasteiger partial charge in [0.05, 0.1) is 6.33 Å². The molecule has 8 heteroatoms. The summed E-state index contributed by atoms with van der Waals surface area (Å²) in [6.45, 7) is 1.05. The molecule has 0 N–H and O–H groups in total. The molecule has 1 saturated heterocycles. The van der Waals surface area contributed by atoms with Gasteiger partial charge in [0, 0.05) is 45.1 Å². The van der Waals surface area contributed by atoms with Crippen molar-refractivity contribution in [2.24, 2.45) is 13.0 Å². The molecule has 0 bridgehead atoms. The van der Waals surface area contributed by atoms with Gasteiger partial charge in [-0.25, -0.2) is 23.4 Å². The molecule has 1 aliphatic heterocycles. The maximum absolute atomic E-state index is 12.5. The third-order valence-electron chi connectivity index (χ3n) is 3.95. The molecule has 0 atom stereocenters. The summed E-state index contributed by atoms with van der Waals surface area (Å²) in [5.74, 6) is 1.26. The lowest BCUT2D eigenvalue weighted by atomic mass is 9.94. The Kier molecular flexibility index (Phi) is 4.21. The van der Waals surface area contributed by atoms with E-state index in [1.165, 1.54) is 10.6 Å². The Bertz CT molecular complexity index is 721. The first kappa shape index (κ1) is 15.1. The second kappa shape index (κ2) is 6.13. The number of imidazole rings is 1. The molecule has 3 heterocycles. The monoisotopic (exact) mass is 321 g/mol. The zero-order chi connectivity index (χ0) is 15.6. The van der Waals surface area contributed by atoms with E-state index >= 15 is 0 Å². The zero-order valence-electron chi connectivity index (χ0n) is 12.5. The summed E-state index contributed by atoms with van der Waals surface area (Å²) in [5.41, 5.74) is 0. The van der Waals surface area contributed by atoms with Gasteiger partial charge < -0.3 is 4.57 Å². The number of hydrogen-bond donors (Lipinski definition) is 0. The fourth-order valence-corrected chi connectivity index (χ4v) is 4.14. The van der Waals surface area contributed by atoms with E-state index in [4.69, 9.17) is 0 Å². The molecule has 0 saturated carbocycles. The number of piperidine rings is 1. The summed E-state index contributed by atoms with van der Waals surface area (Å²) in [6.07, 6.45) is 8.98. The van der Waals surface area contributed by atoms with Gasteiger partial charge in [0.2, 0.25) is 0 Å². The van der Waals surface area contributed by atoms with Crippen molar-refractivity contribution in [1.29, 1.82) is 0 Å². The first-order valence-electron chi connectivity index (χ1n) is 7.30. The van der Waals surface area contributed by atoms with Gasteiger partial charge in [-0.15, -0.1) is 0 Å². The molecule has 0 spiro atoms. The normalized spacial score (nSPS) is 17.7. The van der Waals surface area contributed by atoms with E-state index < -0.39 is 10.0 Å². The Morgan fingerprint density at radius 2 is 1.86 bits per heavy atom. The summed E-state index contributed by atoms with van der Waals surface area (Å²) >= 11 is 0. The highest BCUT2D eigenvalue weighted by Gasteiger charge is 2.31. The predicted molar refractivity (Wildman–Crippen MR) is 80.4 cm³/mol. The maximum Gasteiger partial charge on any atom is 0.262 e. The molecule has 0 aromatic carbocycles. The van der Waals surface area contributed by atoms with Gasteiger partial charge in [-0.05, 0) is 24.8 Å². The fourth-order valence-electron chi connectivity index (χ4n) is 2.70. The lowest BCUT2D eigenvalue weighted by molar-refractivity contribution is 0.270. The summed E-state index contributed by atoms with van der Waals surface area (Å²) in [7, 11) is -1.71. The van der Waals surface area contributed by atoms with E-state index in [0.717, 1.165) is 25.1 Å². The highest BCUT2D eigenvalue weighted by Crippen LogP contribution is 2.24. The van der Waals surface area contributed by atoms with E-state index in [2.05, 4.69) is 15.0 Å². The van der Waals surface area contributed by atoms with Gasteiger partial charge in [-0.2, -0.15) is 4.31 Å². The number of rotatable bonds is 4. The molecular formula is C14H19N5O2S. The second-order valence-corrected chi connectivity index (χ2v) is 7.48. The molecule has 118 valence electrons. The SMILES string of the molecule is Cn1cnc(S(=O)(=O)N2CCC(Cc3ncccn3)CC2)c1. The number of nitrogens with zero attached hydrogens (tertiary/aromatic N) is 5. The van der Waals surface area contributed by atoms with Crippen LogP contribution in [0.5, 0.6) is 0 Å². The summed E-state index contributed by atoms with van der Waals surface area (Å²) in [6, 6.07) is 1.80. The Morgan fingerprint density at radius 3 is 2.45 bits per heavy atom. The second-order valence-electron chi connectivity index (χ2n) is 5.59. The van der Waals surface area contributed by atoms with Crippen LogP contribution in [-0.4, -0.2) is 45.3 Å². The zero-order valence-corrected chi connectivity index (χ0v) is 13.3. The predicted octanol–water partition coefficient (Wildman–Crippen LogP) is 0.853. The van der Waals surface area contributed by atoms with Gasteiger partial charge in [-0.1, -0.05) is 0 Å². The van der Waals surface area contributed by atoms with E-state index in [1.807, 2.05) is 0 Å². The Hall–Kier alpha value is -1.80. The standard InChI is InChI=1S/C14H19N5O2S/c1-18-10-14(17-11-18)22(20,21)19-7-3-12(4-8-19)9-13-15-5-2-6-16-13/h2,5-6,10-12H,3-4,7-9H2,1H3. The van der Waals surface area contributed by atoms with Crippen LogP contribution in [0.25, 0.3) is 0 Å². The molecule has 22 heavy (non-hydrogen) atoms. The van der Waals surface area contributed by atoms with Crippen LogP contribution in [0.4, 0.5) is 0 Å². The maximum atomic E-state index is 12.5. The van der Waals surface area contributed by atoms with E-state index in [0.29, 0.717) is 19.0 Å². The van der Waals surface area contributed by atoms with Crippen molar-refractivity contribution >= 4 is 10.0 Å². The fraction of sp³-hybridized carbons (Fsp3) is 0.500. The van der Waals surface area contributed by atoms with Crippen LogP contribution < -0.4 is 0 Å². The Morgan fingerprint density at radius 1 is 1.18 bits per heavy atom. The molecule has 3 rings (SSSR count). The minimum absolute atomic E-state index is 0.125. The number of aryl methyl sites for hydroxylation is 1. The molecule has 1 fully saturated rings. The van der Waals surface area contributed by atoms with Crippen LogP contribution >= 0.6 is 0 Å². The smallest absolute Gasteiger partial charge is 0.262 e. The van der Waals surface area contributed by atoms with Crippen molar-refractivity contribution in [3.63, 3.8) is 0 Å². The minimum Gasteiger partial charge on any atom is -0.339 e. The van der Waals surface area contributed by atoms with Crippen molar-refractivity contribution in [2.45, 2.75) is 24.3 Å². The van der Waals surface area contributed by atoms with Crippen LogP contribution in [-0.2, 0) is 23.5 Å². The van der Waals surface area contributed by atoms with Crippen molar-refractivity contribution in [3.05, 3.63) is 36.8 Å². The number of aromatic nitrogens is 4. The van der Waals surface area contributed by atoms with Crippen molar-refractivity contribution in [3.8, 4) is 0 Å².